The second kappa shape index (κ2) is 3.32. The largest absolute Gasteiger partial charge is 0.314 e. The van der Waals surface area contributed by atoms with Crippen LogP contribution in [0.2, 0.25) is 0 Å². The number of piperazine rings is 1. The van der Waals surface area contributed by atoms with E-state index in [1.54, 1.807) is 0 Å². The normalized spacial score (nSPS) is 29.2. The second-order valence-corrected chi connectivity index (χ2v) is 3.44. The highest BCUT2D eigenvalue weighted by molar-refractivity contribution is 7.69. The van der Waals surface area contributed by atoms with Crippen LogP contribution in [0.1, 0.15) is 6.92 Å². The summed E-state index contributed by atoms with van der Waals surface area (Å²) in [7, 11) is -2.36. The number of nitrogens with one attached hydrogen (secondary N) is 1. The van der Waals surface area contributed by atoms with E-state index < -0.39 is 10.9 Å². The number of thiol groups is 1. The number of hydrogen-bond acceptors (Lipinski definition) is 3. The molecule has 1 heterocycles. The fraction of sp³-hybridized carbons (Fsp3) is 1.00. The molecule has 10 heavy (non-hydrogen) atoms. The summed E-state index contributed by atoms with van der Waals surface area (Å²) in [5.41, 5.74) is 0. The zero-order valence-electron chi connectivity index (χ0n) is 5.91. The van der Waals surface area contributed by atoms with Crippen LogP contribution in [0.3, 0.4) is 0 Å². The van der Waals surface area contributed by atoms with E-state index in [4.69, 9.17) is 0 Å². The van der Waals surface area contributed by atoms with Crippen molar-refractivity contribution in [2.24, 2.45) is 0 Å². The van der Waals surface area contributed by atoms with Crippen LogP contribution < -0.4 is 5.32 Å². The summed E-state index contributed by atoms with van der Waals surface area (Å²) >= 11 is 0. The monoisotopic (exact) mass is 164 g/mol. The van der Waals surface area contributed by atoms with Gasteiger partial charge in [-0.3, -0.25) is 0 Å². The average Bonchev–Trinajstić information content (AvgIpc) is 1.88. The summed E-state index contributed by atoms with van der Waals surface area (Å²) < 4.78 is 22.5. The van der Waals surface area contributed by atoms with Gasteiger partial charge in [0.1, 0.15) is 0 Å². The van der Waals surface area contributed by atoms with Crippen molar-refractivity contribution in [3.8, 4) is 0 Å². The minimum Gasteiger partial charge on any atom is -0.314 e. The second-order valence-electron chi connectivity index (χ2n) is 2.45. The predicted octanol–water partition coefficient (Wildman–Crippen LogP) is -1.19. The number of nitrogens with zero attached hydrogens (tertiary/aromatic N) is 1. The van der Waals surface area contributed by atoms with E-state index in [0.717, 1.165) is 13.1 Å². The molecule has 0 aromatic carbocycles. The topological polar surface area (TPSA) is 49.4 Å². The molecule has 0 amide bonds. The van der Waals surface area contributed by atoms with Crippen molar-refractivity contribution in [1.29, 1.82) is 0 Å². The van der Waals surface area contributed by atoms with Crippen molar-refractivity contribution in [3.63, 3.8) is 0 Å². The van der Waals surface area contributed by atoms with Gasteiger partial charge in [-0.05, 0) is 6.92 Å². The van der Waals surface area contributed by atoms with Gasteiger partial charge in [-0.2, -0.15) is 4.31 Å². The molecule has 1 aliphatic rings. The van der Waals surface area contributed by atoms with Crippen molar-refractivity contribution < 1.29 is 8.42 Å². The molecule has 0 radical (unpaired) electrons. The Labute approximate surface area is 62.3 Å². The van der Waals surface area contributed by atoms with Gasteiger partial charge in [-0.15, -0.1) is 0 Å². The van der Waals surface area contributed by atoms with Gasteiger partial charge in [0, 0.05) is 25.7 Å². The molecular formula is C5H12N2O2S. The first-order valence-electron chi connectivity index (χ1n) is 3.33. The highest BCUT2D eigenvalue weighted by Gasteiger charge is 2.18. The Balaban J connectivity index is 2.56. The van der Waals surface area contributed by atoms with Gasteiger partial charge in [-0.1, -0.05) is 0 Å². The summed E-state index contributed by atoms with van der Waals surface area (Å²) in [5.74, 6) is 0. The Morgan fingerprint density at radius 1 is 1.60 bits per heavy atom. The zero-order chi connectivity index (χ0) is 7.56. The Morgan fingerprint density at radius 3 is 2.70 bits per heavy atom. The molecule has 1 rings (SSSR count). The van der Waals surface area contributed by atoms with Gasteiger partial charge in [0.15, 0.2) is 0 Å². The SMILES string of the molecule is CC1CNCCN1[SH](=O)=O. The van der Waals surface area contributed by atoms with E-state index in [-0.39, 0.29) is 6.04 Å². The first-order chi connectivity index (χ1) is 4.72. The molecule has 1 fully saturated rings. The van der Waals surface area contributed by atoms with E-state index >= 15 is 0 Å². The maximum absolute atomic E-state index is 10.5. The lowest BCUT2D eigenvalue weighted by atomic mass is 10.3. The summed E-state index contributed by atoms with van der Waals surface area (Å²) in [6, 6.07) is 0.120. The van der Waals surface area contributed by atoms with Gasteiger partial charge in [-0.25, -0.2) is 8.42 Å². The molecule has 1 unspecified atom stereocenters. The first kappa shape index (κ1) is 7.97. The lowest BCUT2D eigenvalue weighted by molar-refractivity contribution is 0.291. The van der Waals surface area contributed by atoms with Crippen LogP contribution in [0.25, 0.3) is 0 Å². The van der Waals surface area contributed by atoms with Crippen LogP contribution in [-0.2, 0) is 10.9 Å². The summed E-state index contributed by atoms with van der Waals surface area (Å²) in [6.07, 6.45) is 0. The summed E-state index contributed by atoms with van der Waals surface area (Å²) in [4.78, 5) is 0. The fourth-order valence-electron chi connectivity index (χ4n) is 1.07. The van der Waals surface area contributed by atoms with Crippen LogP contribution >= 0.6 is 0 Å². The highest BCUT2D eigenvalue weighted by atomic mass is 32.2. The summed E-state index contributed by atoms with van der Waals surface area (Å²) in [6.45, 7) is 4.05. The molecule has 0 saturated carbocycles. The van der Waals surface area contributed by atoms with E-state index in [2.05, 4.69) is 5.32 Å². The van der Waals surface area contributed by atoms with Crippen LogP contribution in [0.5, 0.6) is 0 Å². The van der Waals surface area contributed by atoms with Crippen LogP contribution in [0, 0.1) is 0 Å². The predicted molar refractivity (Wildman–Crippen MR) is 39.4 cm³/mol. The van der Waals surface area contributed by atoms with Crippen molar-refractivity contribution in [3.05, 3.63) is 0 Å². The third kappa shape index (κ3) is 1.68. The molecular weight excluding hydrogens is 152 g/mol. The van der Waals surface area contributed by atoms with Crippen LogP contribution in [0.4, 0.5) is 0 Å². The lowest BCUT2D eigenvalue weighted by Crippen LogP contribution is -2.48. The molecule has 4 nitrogen and oxygen atoms in total. The van der Waals surface area contributed by atoms with Crippen LogP contribution in [0.15, 0.2) is 0 Å². The lowest BCUT2D eigenvalue weighted by Gasteiger charge is -2.28. The van der Waals surface area contributed by atoms with E-state index in [0.29, 0.717) is 6.54 Å². The Hall–Kier alpha value is -0.130. The molecule has 0 bridgehead atoms. The fourth-order valence-corrected chi connectivity index (χ4v) is 1.74. The number of hydrogen-bond donors (Lipinski definition) is 2. The van der Waals surface area contributed by atoms with Gasteiger partial charge in [0.25, 0.3) is 0 Å². The molecule has 0 aromatic rings. The molecule has 1 aliphatic heterocycles. The molecule has 1 atom stereocenters. The third-order valence-corrected chi connectivity index (χ3v) is 2.69. The molecule has 60 valence electrons. The zero-order valence-corrected chi connectivity index (χ0v) is 6.80. The molecule has 0 spiro atoms. The molecule has 0 aliphatic carbocycles. The van der Waals surface area contributed by atoms with Gasteiger partial charge in [0.2, 0.25) is 10.9 Å². The van der Waals surface area contributed by atoms with Gasteiger partial charge in [0.05, 0.1) is 0 Å². The minimum absolute atomic E-state index is 0.120. The maximum atomic E-state index is 10.5. The highest BCUT2D eigenvalue weighted by Crippen LogP contribution is 2.00. The standard InChI is InChI=1S/C5H12N2O2S/c1-5-4-6-2-3-7(5)10(8)9/h5-6,10H,2-4H2,1H3. The maximum Gasteiger partial charge on any atom is 0.204 e. The smallest absolute Gasteiger partial charge is 0.204 e. The van der Waals surface area contributed by atoms with E-state index in [9.17, 15) is 8.42 Å². The molecule has 1 saturated heterocycles. The Kier molecular flexibility index (Phi) is 2.64. The molecule has 1 N–H and O–H groups in total. The van der Waals surface area contributed by atoms with Crippen molar-refractivity contribution in [2.75, 3.05) is 19.6 Å². The van der Waals surface area contributed by atoms with Crippen molar-refractivity contribution in [2.45, 2.75) is 13.0 Å². The molecule has 0 aromatic heterocycles. The minimum atomic E-state index is -2.36. The number of rotatable bonds is 1. The average molecular weight is 164 g/mol. The summed E-state index contributed by atoms with van der Waals surface area (Å²) in [5, 5.41) is 3.11. The van der Waals surface area contributed by atoms with Gasteiger partial charge < -0.3 is 5.32 Å². The van der Waals surface area contributed by atoms with Crippen molar-refractivity contribution >= 4 is 10.9 Å². The Morgan fingerprint density at radius 2 is 2.30 bits per heavy atom. The molecule has 5 heteroatoms. The van der Waals surface area contributed by atoms with Crippen molar-refractivity contribution in [1.82, 2.24) is 9.62 Å². The van der Waals surface area contributed by atoms with E-state index in [1.807, 2.05) is 6.92 Å². The van der Waals surface area contributed by atoms with E-state index in [1.165, 1.54) is 4.31 Å². The van der Waals surface area contributed by atoms with Crippen LogP contribution in [-0.4, -0.2) is 38.4 Å². The quantitative estimate of drug-likeness (QED) is 0.479. The van der Waals surface area contributed by atoms with Gasteiger partial charge >= 0.3 is 0 Å². The Bertz CT molecular complexity index is 172. The first-order valence-corrected chi connectivity index (χ1v) is 4.46. The third-order valence-electron chi connectivity index (χ3n) is 1.68.